The van der Waals surface area contributed by atoms with Crippen LogP contribution in [0.3, 0.4) is 0 Å². The van der Waals surface area contributed by atoms with E-state index in [0.29, 0.717) is 46.3 Å². The number of phenols is 1. The van der Waals surface area contributed by atoms with Crippen molar-refractivity contribution in [3.63, 3.8) is 0 Å². The molecule has 1 aliphatic heterocycles. The van der Waals surface area contributed by atoms with E-state index in [1.165, 1.54) is 12.1 Å². The lowest BCUT2D eigenvalue weighted by molar-refractivity contribution is -0.0404. The number of nitrogens with one attached hydrogen (secondary N) is 1. The Morgan fingerprint density at radius 3 is 2.74 bits per heavy atom. The zero-order valence-corrected chi connectivity index (χ0v) is 19.3. The fraction of sp³-hybridized carbons (Fsp3) is 0.308. The third-order valence-corrected chi connectivity index (χ3v) is 5.62. The molecule has 3 N–H and O–H groups in total. The smallest absolute Gasteiger partial charge is 0.360 e. The van der Waals surface area contributed by atoms with E-state index in [4.69, 9.17) is 13.9 Å². The topological polar surface area (TPSA) is 118 Å². The number of amides is 1. The highest BCUT2D eigenvalue weighted by Crippen LogP contribution is 2.30. The molecule has 8 nitrogen and oxygen atoms in total. The first-order chi connectivity index (χ1) is 16.2. The van der Waals surface area contributed by atoms with E-state index in [2.05, 4.69) is 5.32 Å². The highest BCUT2D eigenvalue weighted by atomic mass is 16.7. The van der Waals surface area contributed by atoms with Gasteiger partial charge in [0.1, 0.15) is 22.8 Å². The molecule has 0 saturated carbocycles. The summed E-state index contributed by atoms with van der Waals surface area (Å²) in [5, 5.41) is 22.9. The number of carbonyl (C=O) groups is 1. The summed E-state index contributed by atoms with van der Waals surface area (Å²) in [6, 6.07) is 9.56. The molecule has 1 amide bonds. The first-order valence-corrected chi connectivity index (χ1v) is 11.0. The second-order valence-electron chi connectivity index (χ2n) is 8.61. The number of hydrogen-bond acceptors (Lipinski definition) is 7. The molecule has 3 aromatic rings. The number of aliphatic hydroxyl groups is 1. The van der Waals surface area contributed by atoms with E-state index < -0.39 is 23.9 Å². The van der Waals surface area contributed by atoms with E-state index in [1.54, 1.807) is 31.2 Å². The van der Waals surface area contributed by atoms with Crippen molar-refractivity contribution >= 4 is 22.6 Å². The fourth-order valence-electron chi connectivity index (χ4n) is 3.72. The molecule has 2 aromatic carbocycles. The molecule has 178 valence electrons. The SMILES string of the molecule is CC(C)=CCc1cc(C(=O)Nc2cc3ccc(OC4C[C@@H](O)CO4)c(C)c3oc2=O)ccc1O. The monoisotopic (exact) mass is 465 g/mol. The zero-order chi connectivity index (χ0) is 24.4. The summed E-state index contributed by atoms with van der Waals surface area (Å²) in [4.78, 5) is 25.4. The first kappa shape index (κ1) is 23.5. The summed E-state index contributed by atoms with van der Waals surface area (Å²) < 4.78 is 16.7. The van der Waals surface area contributed by atoms with Crippen LogP contribution in [-0.2, 0) is 11.2 Å². The van der Waals surface area contributed by atoms with Gasteiger partial charge in [0, 0.05) is 22.9 Å². The Labute approximate surface area is 196 Å². The molecule has 1 aliphatic rings. The average molecular weight is 466 g/mol. The lowest BCUT2D eigenvalue weighted by Gasteiger charge is -2.15. The average Bonchev–Trinajstić information content (AvgIpc) is 3.20. The molecule has 1 aromatic heterocycles. The van der Waals surface area contributed by atoms with Gasteiger partial charge in [0.25, 0.3) is 5.91 Å². The normalized spacial score (nSPS) is 17.5. The van der Waals surface area contributed by atoms with Crippen LogP contribution < -0.4 is 15.7 Å². The minimum absolute atomic E-state index is 0.00624. The Bertz CT molecular complexity index is 1320. The van der Waals surface area contributed by atoms with Gasteiger partial charge < -0.3 is 29.4 Å². The molecule has 4 rings (SSSR count). The standard InChI is InChI=1S/C26H27NO7/c1-14(2)4-5-16-10-18(6-8-21(16)29)25(30)27-20-11-17-7-9-22(15(3)24(17)34-26(20)31)33-23-12-19(28)13-32-23/h4,6-11,19,23,28-29H,5,12-13H2,1-3H3,(H,27,30)/t19-,23?/m1/s1. The van der Waals surface area contributed by atoms with Crippen LogP contribution in [-0.4, -0.2) is 35.1 Å². The van der Waals surface area contributed by atoms with Crippen molar-refractivity contribution < 1.29 is 28.9 Å². The van der Waals surface area contributed by atoms with Crippen LogP contribution in [0.4, 0.5) is 5.69 Å². The molecule has 34 heavy (non-hydrogen) atoms. The number of carbonyl (C=O) groups excluding carboxylic acids is 1. The van der Waals surface area contributed by atoms with E-state index in [0.717, 1.165) is 5.57 Å². The molecule has 0 bridgehead atoms. The van der Waals surface area contributed by atoms with Crippen LogP contribution in [0.15, 0.2) is 57.3 Å². The number of phenolic OH excluding ortho intramolecular Hbond substituents is 1. The molecule has 1 fully saturated rings. The molecule has 0 radical (unpaired) electrons. The molecule has 8 heteroatoms. The quantitative estimate of drug-likeness (QED) is 0.371. The molecular formula is C26H27NO7. The van der Waals surface area contributed by atoms with Crippen LogP contribution in [0.1, 0.15) is 41.8 Å². The molecule has 1 unspecified atom stereocenters. The Balaban J connectivity index is 1.57. The van der Waals surface area contributed by atoms with Crippen molar-refractivity contribution in [3.05, 3.63) is 75.2 Å². The molecule has 1 saturated heterocycles. The van der Waals surface area contributed by atoms with Crippen LogP contribution in [0, 0.1) is 6.92 Å². The van der Waals surface area contributed by atoms with Gasteiger partial charge in [-0.15, -0.1) is 0 Å². The molecule has 0 aliphatic carbocycles. The van der Waals surface area contributed by atoms with E-state index >= 15 is 0 Å². The highest BCUT2D eigenvalue weighted by Gasteiger charge is 2.26. The molecule has 0 spiro atoms. The van der Waals surface area contributed by atoms with Gasteiger partial charge >= 0.3 is 5.63 Å². The van der Waals surface area contributed by atoms with Gasteiger partial charge in [0.05, 0.1) is 12.7 Å². The Morgan fingerprint density at radius 1 is 1.24 bits per heavy atom. The maximum Gasteiger partial charge on any atom is 0.360 e. The number of aliphatic hydroxyl groups excluding tert-OH is 1. The number of aryl methyl sites for hydroxylation is 1. The second kappa shape index (κ2) is 9.70. The van der Waals surface area contributed by atoms with Gasteiger partial charge in [-0.2, -0.15) is 0 Å². The Hall–Kier alpha value is -3.62. The lowest BCUT2D eigenvalue weighted by Crippen LogP contribution is -2.18. The number of rotatable bonds is 6. The van der Waals surface area contributed by atoms with Crippen LogP contribution in [0.5, 0.6) is 11.5 Å². The summed E-state index contributed by atoms with van der Waals surface area (Å²) in [6.45, 7) is 5.88. The highest BCUT2D eigenvalue weighted by molar-refractivity contribution is 6.05. The van der Waals surface area contributed by atoms with Crippen molar-refractivity contribution in [1.29, 1.82) is 0 Å². The summed E-state index contributed by atoms with van der Waals surface area (Å²) in [7, 11) is 0. The zero-order valence-electron chi connectivity index (χ0n) is 19.3. The van der Waals surface area contributed by atoms with Gasteiger partial charge in [-0.05, 0) is 69.2 Å². The van der Waals surface area contributed by atoms with Gasteiger partial charge in [-0.25, -0.2) is 4.79 Å². The largest absolute Gasteiger partial charge is 0.508 e. The van der Waals surface area contributed by atoms with Crippen LogP contribution in [0.25, 0.3) is 11.0 Å². The van der Waals surface area contributed by atoms with Gasteiger partial charge in [-0.3, -0.25) is 4.79 Å². The summed E-state index contributed by atoms with van der Waals surface area (Å²) in [6.07, 6.45) is 1.67. The number of anilines is 1. The maximum absolute atomic E-state index is 12.8. The van der Waals surface area contributed by atoms with Gasteiger partial charge in [-0.1, -0.05) is 11.6 Å². The lowest BCUT2D eigenvalue weighted by atomic mass is 10.0. The van der Waals surface area contributed by atoms with Crippen molar-refractivity contribution in [2.75, 3.05) is 11.9 Å². The van der Waals surface area contributed by atoms with Crippen LogP contribution >= 0.6 is 0 Å². The summed E-state index contributed by atoms with van der Waals surface area (Å²) in [5.74, 6) is 0.100. The minimum atomic E-state index is -0.697. The number of ether oxygens (including phenoxy) is 2. The predicted molar refractivity (Wildman–Crippen MR) is 127 cm³/mol. The van der Waals surface area contributed by atoms with Gasteiger partial charge in [0.15, 0.2) is 0 Å². The predicted octanol–water partition coefficient (Wildman–Crippen LogP) is 4.05. The maximum atomic E-state index is 12.8. The third kappa shape index (κ3) is 5.13. The fourth-order valence-corrected chi connectivity index (χ4v) is 3.72. The van der Waals surface area contributed by atoms with Crippen molar-refractivity contribution in [2.45, 2.75) is 46.0 Å². The number of aromatic hydroxyl groups is 1. The molecule has 2 atom stereocenters. The van der Waals surface area contributed by atoms with Gasteiger partial charge in [0.2, 0.25) is 6.29 Å². The van der Waals surface area contributed by atoms with E-state index in [1.807, 2.05) is 19.9 Å². The van der Waals surface area contributed by atoms with Crippen molar-refractivity contribution in [2.24, 2.45) is 0 Å². The Morgan fingerprint density at radius 2 is 2.03 bits per heavy atom. The number of benzene rings is 2. The minimum Gasteiger partial charge on any atom is -0.508 e. The number of hydrogen-bond donors (Lipinski definition) is 3. The van der Waals surface area contributed by atoms with Crippen molar-refractivity contribution in [3.8, 4) is 11.5 Å². The molecular weight excluding hydrogens is 438 g/mol. The number of fused-ring (bicyclic) bond motifs is 1. The summed E-state index contributed by atoms with van der Waals surface area (Å²) >= 11 is 0. The van der Waals surface area contributed by atoms with Crippen LogP contribution in [0.2, 0.25) is 0 Å². The molecule has 2 heterocycles. The first-order valence-electron chi connectivity index (χ1n) is 11.0. The third-order valence-electron chi connectivity index (χ3n) is 5.62. The Kier molecular flexibility index (Phi) is 6.72. The second-order valence-corrected chi connectivity index (χ2v) is 8.61. The number of allylic oxidation sites excluding steroid dienone is 2. The van der Waals surface area contributed by atoms with E-state index in [-0.39, 0.29) is 18.0 Å². The summed E-state index contributed by atoms with van der Waals surface area (Å²) in [5.41, 5.74) is 2.28. The van der Waals surface area contributed by atoms with Crippen molar-refractivity contribution in [1.82, 2.24) is 0 Å². The van der Waals surface area contributed by atoms with E-state index in [9.17, 15) is 19.8 Å².